The van der Waals surface area contributed by atoms with E-state index in [2.05, 4.69) is 57.0 Å². The maximum atomic E-state index is 12.4. The van der Waals surface area contributed by atoms with E-state index in [4.69, 9.17) is 0 Å². The van der Waals surface area contributed by atoms with Crippen LogP contribution in [0.15, 0.2) is 12.1 Å². The van der Waals surface area contributed by atoms with Gasteiger partial charge >= 0.3 is 0 Å². The number of nitrogens with zero attached hydrogens (tertiary/aromatic N) is 1. The molecule has 0 unspecified atom stereocenters. The molecule has 27 heavy (non-hydrogen) atoms. The predicted molar refractivity (Wildman–Crippen MR) is 111 cm³/mol. The van der Waals surface area contributed by atoms with Crippen LogP contribution in [0.1, 0.15) is 56.4 Å². The summed E-state index contributed by atoms with van der Waals surface area (Å²) in [5.41, 5.74) is 5.20. The van der Waals surface area contributed by atoms with E-state index in [1.54, 1.807) is 0 Å². The van der Waals surface area contributed by atoms with Crippen LogP contribution in [0.5, 0.6) is 0 Å². The molecule has 0 saturated carbocycles. The lowest BCUT2D eigenvalue weighted by molar-refractivity contribution is -0.122. The monoisotopic (exact) mass is 394 g/mol. The van der Waals surface area contributed by atoms with Gasteiger partial charge in [0.1, 0.15) is 0 Å². The molecule has 2 rings (SSSR count). The van der Waals surface area contributed by atoms with Crippen LogP contribution in [0.2, 0.25) is 0 Å². The molecule has 1 aliphatic rings. The minimum atomic E-state index is -2.98. The average Bonchev–Trinajstić information content (AvgIpc) is 2.87. The molecule has 1 aliphatic heterocycles. The van der Waals surface area contributed by atoms with Gasteiger partial charge in [-0.1, -0.05) is 39.8 Å². The van der Waals surface area contributed by atoms with Crippen LogP contribution < -0.4 is 5.32 Å². The fraction of sp³-hybridized carbons (Fsp3) is 0.667. The smallest absolute Gasteiger partial charge is 0.234 e. The Morgan fingerprint density at radius 2 is 1.81 bits per heavy atom. The second-order valence-corrected chi connectivity index (χ2v) is 11.0. The van der Waals surface area contributed by atoms with Gasteiger partial charge in [0.15, 0.2) is 9.84 Å². The Labute approximate surface area is 164 Å². The molecular formula is C21H34N2O3S. The van der Waals surface area contributed by atoms with E-state index < -0.39 is 9.84 Å². The Hall–Kier alpha value is -1.40. The van der Waals surface area contributed by atoms with Crippen LogP contribution in [0.3, 0.4) is 0 Å². The Kier molecular flexibility index (Phi) is 6.74. The van der Waals surface area contributed by atoms with Crippen molar-refractivity contribution in [2.24, 2.45) is 0 Å². The third kappa shape index (κ3) is 6.04. The molecule has 1 aromatic rings. The molecular weight excluding hydrogens is 360 g/mol. The van der Waals surface area contributed by atoms with Crippen LogP contribution in [-0.2, 0) is 26.6 Å². The molecule has 6 heteroatoms. The highest BCUT2D eigenvalue weighted by Crippen LogP contribution is 2.27. The minimum absolute atomic E-state index is 0.0668. The molecule has 1 aromatic carbocycles. The highest BCUT2D eigenvalue weighted by atomic mass is 32.2. The molecule has 0 bridgehead atoms. The van der Waals surface area contributed by atoms with E-state index in [-0.39, 0.29) is 35.4 Å². The zero-order valence-electron chi connectivity index (χ0n) is 17.6. The first-order valence-electron chi connectivity index (χ1n) is 9.74. The van der Waals surface area contributed by atoms with Gasteiger partial charge in [-0.15, -0.1) is 0 Å². The van der Waals surface area contributed by atoms with E-state index in [0.717, 1.165) is 13.1 Å². The quantitative estimate of drug-likeness (QED) is 0.806. The van der Waals surface area contributed by atoms with Crippen molar-refractivity contribution in [1.29, 1.82) is 0 Å². The third-order valence-electron chi connectivity index (χ3n) is 5.36. The Morgan fingerprint density at radius 1 is 1.22 bits per heavy atom. The second kappa shape index (κ2) is 8.31. The maximum Gasteiger partial charge on any atom is 0.234 e. The maximum absolute atomic E-state index is 12.4. The lowest BCUT2D eigenvalue weighted by Crippen LogP contribution is -2.42. The Morgan fingerprint density at radius 3 is 2.26 bits per heavy atom. The summed E-state index contributed by atoms with van der Waals surface area (Å²) in [5, 5.41) is 2.88. The molecule has 1 atom stereocenters. The van der Waals surface area contributed by atoms with Gasteiger partial charge in [0.05, 0.1) is 18.1 Å². The molecule has 152 valence electrons. The summed E-state index contributed by atoms with van der Waals surface area (Å²) in [5.74, 6) is 0.145. The predicted octanol–water partition coefficient (Wildman–Crippen LogP) is 2.73. The third-order valence-corrected chi connectivity index (χ3v) is 7.12. The highest BCUT2D eigenvalue weighted by molar-refractivity contribution is 7.91. The Balaban J connectivity index is 2.03. The number of hydrogen-bond acceptors (Lipinski definition) is 4. The number of carbonyl (C=O) groups excluding carboxylic acids is 1. The van der Waals surface area contributed by atoms with Gasteiger partial charge in [0, 0.05) is 12.6 Å². The van der Waals surface area contributed by atoms with Crippen LogP contribution in [-0.4, -0.2) is 49.9 Å². The molecule has 1 amide bonds. The Bertz CT molecular complexity index is 771. The largest absolute Gasteiger partial charge is 0.351 e. The van der Waals surface area contributed by atoms with Gasteiger partial charge in [-0.25, -0.2) is 8.42 Å². The number of likely N-dealkylation sites (N-methyl/N-ethyl adjacent to an activating group) is 1. The molecule has 0 aliphatic carbocycles. The zero-order chi connectivity index (χ0) is 20.4. The summed E-state index contributed by atoms with van der Waals surface area (Å²) in [6.07, 6.45) is 0.521. The van der Waals surface area contributed by atoms with Crippen molar-refractivity contribution in [3.05, 3.63) is 34.4 Å². The van der Waals surface area contributed by atoms with Gasteiger partial charge in [0.2, 0.25) is 5.91 Å². The van der Waals surface area contributed by atoms with Gasteiger partial charge in [-0.2, -0.15) is 0 Å². The van der Waals surface area contributed by atoms with Gasteiger partial charge in [-0.05, 0) is 54.5 Å². The molecule has 1 heterocycles. The number of sulfone groups is 1. The van der Waals surface area contributed by atoms with Crippen molar-refractivity contribution in [2.45, 2.75) is 66.0 Å². The van der Waals surface area contributed by atoms with Crippen molar-refractivity contribution >= 4 is 15.7 Å². The molecule has 5 nitrogen and oxygen atoms in total. The fourth-order valence-electron chi connectivity index (χ4n) is 3.56. The number of nitrogens with one attached hydrogen (secondary N) is 1. The molecule has 0 spiro atoms. The first-order chi connectivity index (χ1) is 12.4. The minimum Gasteiger partial charge on any atom is -0.351 e. The molecule has 0 aromatic heterocycles. The first-order valence-corrected chi connectivity index (χ1v) is 11.6. The van der Waals surface area contributed by atoms with Crippen molar-refractivity contribution < 1.29 is 13.2 Å². The van der Waals surface area contributed by atoms with Crippen LogP contribution in [0.4, 0.5) is 0 Å². The lowest BCUT2D eigenvalue weighted by Gasteiger charge is -2.26. The van der Waals surface area contributed by atoms with Crippen molar-refractivity contribution in [3.63, 3.8) is 0 Å². The lowest BCUT2D eigenvalue weighted by atomic mass is 9.83. The van der Waals surface area contributed by atoms with Crippen molar-refractivity contribution in [1.82, 2.24) is 10.2 Å². The summed E-state index contributed by atoms with van der Waals surface area (Å²) in [6.45, 7) is 14.7. The summed E-state index contributed by atoms with van der Waals surface area (Å²) >= 11 is 0. The number of carbonyl (C=O) groups is 1. The topological polar surface area (TPSA) is 66.5 Å². The molecule has 1 N–H and O–H groups in total. The number of benzene rings is 1. The SMILES string of the molecule is CCN(CC(=O)N[C@@H]1CCS(=O)(=O)C1)Cc1c(C)cc(C(C)(C)C)cc1C. The van der Waals surface area contributed by atoms with E-state index in [9.17, 15) is 13.2 Å². The standard InChI is InChI=1S/C21H34N2O3S/c1-7-23(13-20(24)22-18-8-9-27(25,26)14-18)12-19-15(2)10-17(11-16(19)3)21(4,5)6/h10-11,18H,7-9,12-14H2,1-6H3,(H,22,24)/t18-/m1/s1. The summed E-state index contributed by atoms with van der Waals surface area (Å²) in [6, 6.07) is 4.26. The van der Waals surface area contributed by atoms with E-state index in [1.165, 1.54) is 22.3 Å². The summed E-state index contributed by atoms with van der Waals surface area (Å²) < 4.78 is 23.1. The van der Waals surface area contributed by atoms with E-state index >= 15 is 0 Å². The van der Waals surface area contributed by atoms with E-state index in [1.807, 2.05) is 6.92 Å². The second-order valence-electron chi connectivity index (χ2n) is 8.81. The van der Waals surface area contributed by atoms with Gasteiger partial charge < -0.3 is 5.32 Å². The molecule has 1 fully saturated rings. The summed E-state index contributed by atoms with van der Waals surface area (Å²) in [7, 11) is -2.98. The normalized spacial score (nSPS) is 19.4. The number of rotatable bonds is 6. The number of aryl methyl sites for hydroxylation is 2. The average molecular weight is 395 g/mol. The van der Waals surface area contributed by atoms with Gasteiger partial charge in [-0.3, -0.25) is 9.69 Å². The zero-order valence-corrected chi connectivity index (χ0v) is 18.4. The summed E-state index contributed by atoms with van der Waals surface area (Å²) in [4.78, 5) is 14.5. The number of amides is 1. The first kappa shape index (κ1) is 21.9. The van der Waals surface area contributed by atoms with Gasteiger partial charge in [0.25, 0.3) is 0 Å². The van der Waals surface area contributed by atoms with E-state index in [0.29, 0.717) is 6.42 Å². The molecule has 1 saturated heterocycles. The van der Waals surface area contributed by atoms with Crippen LogP contribution >= 0.6 is 0 Å². The molecule has 0 radical (unpaired) electrons. The van der Waals surface area contributed by atoms with Crippen molar-refractivity contribution in [3.8, 4) is 0 Å². The highest BCUT2D eigenvalue weighted by Gasteiger charge is 2.29. The fourth-order valence-corrected chi connectivity index (χ4v) is 5.24. The number of hydrogen-bond donors (Lipinski definition) is 1. The van der Waals surface area contributed by atoms with Crippen LogP contribution in [0, 0.1) is 13.8 Å². The van der Waals surface area contributed by atoms with Crippen molar-refractivity contribution in [2.75, 3.05) is 24.6 Å². The van der Waals surface area contributed by atoms with Crippen LogP contribution in [0.25, 0.3) is 0 Å².